The van der Waals surface area contributed by atoms with Crippen molar-refractivity contribution in [2.75, 3.05) is 0 Å². The molecular formula is C7H18B-. The average molecular weight is 113 g/mol. The molecule has 0 fully saturated rings. The molecule has 0 aliphatic heterocycles. The summed E-state index contributed by atoms with van der Waals surface area (Å²) in [6, 6.07) is 0. The van der Waals surface area contributed by atoms with Gasteiger partial charge in [0.1, 0.15) is 0 Å². The van der Waals surface area contributed by atoms with Crippen molar-refractivity contribution < 1.29 is 0 Å². The lowest BCUT2D eigenvalue weighted by atomic mass is 9.22. The second-order valence-corrected chi connectivity index (χ2v) is 3.32. The van der Waals surface area contributed by atoms with Gasteiger partial charge in [-0.2, -0.15) is 25.8 Å². The van der Waals surface area contributed by atoms with E-state index in [0.29, 0.717) is 0 Å². The Hall–Kier alpha value is 0.0649. The molecule has 8 heavy (non-hydrogen) atoms. The normalized spacial score (nSPS) is 12.0. The van der Waals surface area contributed by atoms with Crippen LogP contribution in [0.2, 0.25) is 25.8 Å². The standard InChI is InChI=1S/C7H18B/c1-5-8(4,6-2)7-3/h5-7H2,1-4H3/q-1. The van der Waals surface area contributed by atoms with Gasteiger partial charge in [0.2, 0.25) is 0 Å². The van der Waals surface area contributed by atoms with Crippen molar-refractivity contribution in [3.05, 3.63) is 0 Å². The third kappa shape index (κ3) is 1.89. The summed E-state index contributed by atoms with van der Waals surface area (Å²) in [5.74, 6) is 0. The van der Waals surface area contributed by atoms with Gasteiger partial charge in [-0.15, -0.1) is 0 Å². The molecule has 0 spiro atoms. The van der Waals surface area contributed by atoms with Gasteiger partial charge >= 0.3 is 0 Å². The fraction of sp³-hybridized carbons (Fsp3) is 1.00. The molecule has 0 rings (SSSR count). The van der Waals surface area contributed by atoms with Gasteiger partial charge in [0.05, 0.1) is 0 Å². The van der Waals surface area contributed by atoms with Crippen LogP contribution in [0.5, 0.6) is 0 Å². The van der Waals surface area contributed by atoms with E-state index in [-0.39, 0.29) is 6.15 Å². The van der Waals surface area contributed by atoms with Crippen LogP contribution < -0.4 is 0 Å². The highest BCUT2D eigenvalue weighted by molar-refractivity contribution is 6.78. The number of rotatable bonds is 3. The maximum atomic E-state index is 2.42. The predicted octanol–water partition coefficient (Wildman–Crippen LogP) is 3.12. The summed E-state index contributed by atoms with van der Waals surface area (Å²) in [5, 5.41) is 0. The Kier molecular flexibility index (Phi) is 3.19. The Morgan fingerprint density at radius 1 is 0.875 bits per heavy atom. The van der Waals surface area contributed by atoms with Crippen molar-refractivity contribution in [2.24, 2.45) is 0 Å². The van der Waals surface area contributed by atoms with Crippen molar-refractivity contribution in [1.82, 2.24) is 0 Å². The van der Waals surface area contributed by atoms with E-state index in [9.17, 15) is 0 Å². The molecule has 0 N–H and O–H groups in total. The van der Waals surface area contributed by atoms with Gasteiger partial charge in [0.15, 0.2) is 0 Å². The van der Waals surface area contributed by atoms with Crippen LogP contribution in [0.1, 0.15) is 20.8 Å². The van der Waals surface area contributed by atoms with Crippen LogP contribution in [-0.2, 0) is 0 Å². The van der Waals surface area contributed by atoms with Crippen molar-refractivity contribution in [3.63, 3.8) is 0 Å². The molecule has 0 radical (unpaired) electrons. The zero-order valence-electron chi connectivity index (χ0n) is 6.70. The first kappa shape index (κ1) is 8.06. The Morgan fingerprint density at radius 3 is 1.12 bits per heavy atom. The number of hydrogen-bond acceptors (Lipinski definition) is 0. The van der Waals surface area contributed by atoms with E-state index in [1.807, 2.05) is 0 Å². The molecule has 0 amide bonds. The summed E-state index contributed by atoms with van der Waals surface area (Å²) in [4.78, 5) is 0. The third-order valence-electron chi connectivity index (χ3n) is 2.96. The van der Waals surface area contributed by atoms with Gasteiger partial charge in [-0.1, -0.05) is 20.8 Å². The predicted molar refractivity (Wildman–Crippen MR) is 43.1 cm³/mol. The highest BCUT2D eigenvalue weighted by Crippen LogP contribution is 2.18. The Balaban J connectivity index is 3.58. The van der Waals surface area contributed by atoms with Gasteiger partial charge in [0.25, 0.3) is 0 Å². The minimum Gasteiger partial charge on any atom is -0.190 e. The van der Waals surface area contributed by atoms with Crippen molar-refractivity contribution >= 4 is 6.15 Å². The molecule has 0 unspecified atom stereocenters. The number of hydrogen-bond donors (Lipinski definition) is 0. The SMILES string of the molecule is CC[B-](C)(CC)CC. The molecule has 0 heterocycles. The second kappa shape index (κ2) is 3.16. The second-order valence-electron chi connectivity index (χ2n) is 3.32. The molecule has 0 nitrogen and oxygen atoms in total. The molecule has 0 aromatic heterocycles. The van der Waals surface area contributed by atoms with Gasteiger partial charge in [-0.3, -0.25) is 0 Å². The maximum Gasteiger partial charge on any atom is -0.00330 e. The third-order valence-corrected chi connectivity index (χ3v) is 2.96. The molecule has 0 bridgehead atoms. The summed E-state index contributed by atoms with van der Waals surface area (Å²) >= 11 is 0. The van der Waals surface area contributed by atoms with Crippen molar-refractivity contribution in [2.45, 2.75) is 46.6 Å². The van der Waals surface area contributed by atoms with Crippen LogP contribution in [0, 0.1) is 0 Å². The smallest absolute Gasteiger partial charge is 0.00330 e. The van der Waals surface area contributed by atoms with Crippen molar-refractivity contribution in [1.29, 1.82) is 0 Å². The van der Waals surface area contributed by atoms with Crippen LogP contribution in [0.4, 0.5) is 0 Å². The Bertz CT molecular complexity index is 47.1. The lowest BCUT2D eigenvalue weighted by molar-refractivity contribution is 1.18. The lowest BCUT2D eigenvalue weighted by Gasteiger charge is -2.29. The van der Waals surface area contributed by atoms with E-state index < -0.39 is 0 Å². The van der Waals surface area contributed by atoms with Crippen LogP contribution in [-0.4, -0.2) is 6.15 Å². The average Bonchev–Trinajstić information content (AvgIpc) is 1.87. The lowest BCUT2D eigenvalue weighted by Crippen LogP contribution is -2.25. The molecule has 0 saturated heterocycles. The molecule has 0 aliphatic rings. The van der Waals surface area contributed by atoms with E-state index in [1.54, 1.807) is 0 Å². The molecule has 0 atom stereocenters. The van der Waals surface area contributed by atoms with Gasteiger partial charge in [-0.05, 0) is 6.15 Å². The van der Waals surface area contributed by atoms with Gasteiger partial charge in [0, 0.05) is 0 Å². The summed E-state index contributed by atoms with van der Waals surface area (Å²) in [7, 11) is 0. The first-order valence-corrected chi connectivity index (χ1v) is 3.92. The van der Waals surface area contributed by atoms with Crippen LogP contribution in [0.15, 0.2) is 0 Å². The fourth-order valence-electron chi connectivity index (χ4n) is 0.866. The van der Waals surface area contributed by atoms with Crippen LogP contribution in [0.3, 0.4) is 0 Å². The van der Waals surface area contributed by atoms with Crippen LogP contribution >= 0.6 is 0 Å². The monoisotopic (exact) mass is 113 g/mol. The first-order valence-electron chi connectivity index (χ1n) is 3.92. The van der Waals surface area contributed by atoms with Gasteiger partial charge in [-0.25, -0.2) is 0 Å². The minimum absolute atomic E-state index is 0.0417. The van der Waals surface area contributed by atoms with E-state index in [1.165, 1.54) is 19.0 Å². The van der Waals surface area contributed by atoms with E-state index in [4.69, 9.17) is 0 Å². The zero-order valence-corrected chi connectivity index (χ0v) is 6.70. The quantitative estimate of drug-likeness (QED) is 0.493. The molecule has 0 aromatic carbocycles. The van der Waals surface area contributed by atoms with Gasteiger partial charge < -0.3 is 0 Å². The Labute approximate surface area is 53.6 Å². The largest absolute Gasteiger partial charge is 0.190 e. The van der Waals surface area contributed by atoms with E-state index in [2.05, 4.69) is 27.6 Å². The minimum atomic E-state index is 0.0417. The Morgan fingerprint density at radius 2 is 1.12 bits per heavy atom. The summed E-state index contributed by atoms with van der Waals surface area (Å²) in [5.41, 5.74) is 0. The first-order chi connectivity index (χ1) is 3.68. The van der Waals surface area contributed by atoms with Crippen LogP contribution in [0.25, 0.3) is 0 Å². The summed E-state index contributed by atoms with van der Waals surface area (Å²) in [6.45, 7) is 9.31. The molecular weight excluding hydrogens is 94.9 g/mol. The fourth-order valence-corrected chi connectivity index (χ4v) is 0.866. The molecule has 0 saturated carbocycles. The molecule has 50 valence electrons. The molecule has 0 aliphatic carbocycles. The summed E-state index contributed by atoms with van der Waals surface area (Å²) in [6.07, 6.45) is 4.19. The topological polar surface area (TPSA) is 0 Å². The summed E-state index contributed by atoms with van der Waals surface area (Å²) < 4.78 is 0. The van der Waals surface area contributed by atoms with E-state index in [0.717, 1.165) is 0 Å². The highest BCUT2D eigenvalue weighted by Gasteiger charge is 2.09. The maximum absolute atomic E-state index is 2.42. The van der Waals surface area contributed by atoms with E-state index >= 15 is 0 Å². The van der Waals surface area contributed by atoms with Crippen molar-refractivity contribution in [3.8, 4) is 0 Å². The molecule has 0 aromatic rings. The molecule has 1 heteroatoms. The highest BCUT2D eigenvalue weighted by atomic mass is 13.8. The zero-order chi connectivity index (χ0) is 6.62.